The van der Waals surface area contributed by atoms with Crippen LogP contribution in [0.25, 0.3) is 0 Å². The zero-order chi connectivity index (χ0) is 18.9. The Bertz CT molecular complexity index is 877. The molecule has 0 N–H and O–H groups in total. The molecule has 0 atom stereocenters. The minimum Gasteiger partial charge on any atom is -0.490 e. The van der Waals surface area contributed by atoms with Crippen LogP contribution >= 0.6 is 0 Å². The van der Waals surface area contributed by atoms with Gasteiger partial charge < -0.3 is 9.47 Å². The lowest BCUT2D eigenvalue weighted by Crippen LogP contribution is -2.03. The zero-order valence-corrected chi connectivity index (χ0v) is 15.6. The van der Waals surface area contributed by atoms with Crippen molar-refractivity contribution >= 4 is 12.2 Å². The standard InChI is InChI=1S/C20H23N5O2/c1-3-13-25-20(22-23-24-25)21-14-17-11-8-12-18(26-4-2)19(17)27-15-16-9-6-5-7-10-16/h5-12,14H,3-4,13,15H2,1-2H3. The first-order valence-electron chi connectivity index (χ1n) is 9.04. The van der Waals surface area contributed by atoms with Crippen molar-refractivity contribution in [1.82, 2.24) is 20.2 Å². The molecule has 1 aromatic heterocycles. The SMILES string of the molecule is CCCn1nnnc1N=Cc1cccc(OCC)c1OCc1ccccc1. The Kier molecular flexibility index (Phi) is 6.51. The van der Waals surface area contributed by atoms with Gasteiger partial charge in [0.05, 0.1) is 6.61 Å². The average molecular weight is 365 g/mol. The average Bonchev–Trinajstić information content (AvgIpc) is 3.14. The summed E-state index contributed by atoms with van der Waals surface area (Å²) in [5.74, 6) is 1.81. The molecule has 0 spiro atoms. The van der Waals surface area contributed by atoms with E-state index in [1.54, 1.807) is 10.9 Å². The zero-order valence-electron chi connectivity index (χ0n) is 15.6. The third-order valence-electron chi connectivity index (χ3n) is 3.80. The van der Waals surface area contributed by atoms with Crippen molar-refractivity contribution in [3.05, 3.63) is 59.7 Å². The predicted octanol–water partition coefficient (Wildman–Crippen LogP) is 3.81. The topological polar surface area (TPSA) is 74.4 Å². The fraction of sp³-hybridized carbons (Fsp3) is 0.300. The van der Waals surface area contributed by atoms with Crippen molar-refractivity contribution < 1.29 is 9.47 Å². The third kappa shape index (κ3) is 4.91. The highest BCUT2D eigenvalue weighted by Crippen LogP contribution is 2.31. The van der Waals surface area contributed by atoms with E-state index in [4.69, 9.17) is 9.47 Å². The molecular weight excluding hydrogens is 342 g/mol. The highest BCUT2D eigenvalue weighted by atomic mass is 16.5. The molecule has 27 heavy (non-hydrogen) atoms. The molecule has 0 aliphatic carbocycles. The third-order valence-corrected chi connectivity index (χ3v) is 3.80. The second-order valence-corrected chi connectivity index (χ2v) is 5.84. The van der Waals surface area contributed by atoms with Gasteiger partial charge in [0, 0.05) is 18.3 Å². The van der Waals surface area contributed by atoms with Crippen LogP contribution in [-0.4, -0.2) is 33.0 Å². The number of aromatic nitrogens is 4. The maximum atomic E-state index is 6.08. The van der Waals surface area contributed by atoms with E-state index in [0.717, 1.165) is 24.1 Å². The fourth-order valence-electron chi connectivity index (χ4n) is 2.56. The number of ether oxygens (including phenoxy) is 2. The van der Waals surface area contributed by atoms with Gasteiger partial charge in [0.1, 0.15) is 6.61 Å². The number of tetrazole rings is 1. The first kappa shape index (κ1) is 18.6. The monoisotopic (exact) mass is 365 g/mol. The molecule has 3 rings (SSSR count). The van der Waals surface area contributed by atoms with Gasteiger partial charge in [-0.3, -0.25) is 0 Å². The van der Waals surface area contributed by atoms with Gasteiger partial charge >= 0.3 is 0 Å². The van der Waals surface area contributed by atoms with Gasteiger partial charge in [-0.05, 0) is 41.5 Å². The van der Waals surface area contributed by atoms with E-state index < -0.39 is 0 Å². The summed E-state index contributed by atoms with van der Waals surface area (Å²) in [7, 11) is 0. The van der Waals surface area contributed by atoms with Crippen LogP contribution in [0, 0.1) is 0 Å². The van der Waals surface area contributed by atoms with Crippen LogP contribution < -0.4 is 9.47 Å². The minimum atomic E-state index is 0.444. The lowest BCUT2D eigenvalue weighted by atomic mass is 10.2. The number of rotatable bonds is 9. The second kappa shape index (κ2) is 9.47. The number of aliphatic imine (C=N–C) groups is 1. The maximum absolute atomic E-state index is 6.08. The number of aryl methyl sites for hydroxylation is 1. The van der Waals surface area contributed by atoms with Gasteiger partial charge in [0.2, 0.25) is 0 Å². The first-order chi connectivity index (χ1) is 13.3. The second-order valence-electron chi connectivity index (χ2n) is 5.84. The number of benzene rings is 2. The van der Waals surface area contributed by atoms with E-state index in [-0.39, 0.29) is 0 Å². The summed E-state index contributed by atoms with van der Waals surface area (Å²) in [5.41, 5.74) is 1.89. The van der Waals surface area contributed by atoms with Gasteiger partial charge in [-0.25, -0.2) is 9.67 Å². The molecule has 3 aromatic rings. The van der Waals surface area contributed by atoms with Crippen molar-refractivity contribution in [1.29, 1.82) is 0 Å². The number of hydrogen-bond donors (Lipinski definition) is 0. The highest BCUT2D eigenvalue weighted by molar-refractivity contribution is 5.86. The molecule has 1 heterocycles. The van der Waals surface area contributed by atoms with E-state index in [2.05, 4.69) is 27.4 Å². The lowest BCUT2D eigenvalue weighted by Gasteiger charge is -2.14. The Morgan fingerprint density at radius 1 is 1.04 bits per heavy atom. The molecule has 7 heteroatoms. The summed E-state index contributed by atoms with van der Waals surface area (Å²) in [6.45, 7) is 5.73. The molecule has 0 aliphatic rings. The van der Waals surface area contributed by atoms with Crippen LogP contribution in [0.2, 0.25) is 0 Å². The Labute approximate surface area is 158 Å². The van der Waals surface area contributed by atoms with Crippen LogP contribution in [0.3, 0.4) is 0 Å². The molecule has 0 aliphatic heterocycles. The molecule has 140 valence electrons. The molecule has 0 amide bonds. The summed E-state index contributed by atoms with van der Waals surface area (Å²) >= 11 is 0. The normalized spacial score (nSPS) is 11.0. The van der Waals surface area contributed by atoms with Crippen LogP contribution in [0.15, 0.2) is 53.5 Å². The van der Waals surface area contributed by atoms with Crippen molar-refractivity contribution in [3.63, 3.8) is 0 Å². The molecule has 0 radical (unpaired) electrons. The van der Waals surface area contributed by atoms with Crippen LogP contribution in [0.1, 0.15) is 31.4 Å². The Morgan fingerprint density at radius 3 is 2.67 bits per heavy atom. The maximum Gasteiger partial charge on any atom is 0.269 e. The van der Waals surface area contributed by atoms with E-state index >= 15 is 0 Å². The summed E-state index contributed by atoms with van der Waals surface area (Å²) in [6, 6.07) is 15.7. The number of hydrogen-bond acceptors (Lipinski definition) is 6. The largest absolute Gasteiger partial charge is 0.490 e. The molecule has 0 bridgehead atoms. The lowest BCUT2D eigenvalue weighted by molar-refractivity contribution is 0.269. The number of nitrogens with zero attached hydrogens (tertiary/aromatic N) is 5. The molecule has 0 unspecified atom stereocenters. The Hall–Kier alpha value is -3.22. The van der Waals surface area contributed by atoms with Crippen molar-refractivity contribution in [3.8, 4) is 11.5 Å². The summed E-state index contributed by atoms with van der Waals surface area (Å²) in [4.78, 5) is 4.44. The smallest absolute Gasteiger partial charge is 0.269 e. The summed E-state index contributed by atoms with van der Waals surface area (Å²) < 4.78 is 13.5. The van der Waals surface area contributed by atoms with Gasteiger partial charge in [0.15, 0.2) is 11.5 Å². The van der Waals surface area contributed by atoms with Crippen molar-refractivity contribution in [2.75, 3.05) is 6.61 Å². The predicted molar refractivity (Wildman–Crippen MR) is 104 cm³/mol. The van der Waals surface area contributed by atoms with E-state index in [1.807, 2.05) is 55.5 Å². The van der Waals surface area contributed by atoms with E-state index in [9.17, 15) is 0 Å². The van der Waals surface area contributed by atoms with Crippen LogP contribution in [0.4, 0.5) is 5.95 Å². The van der Waals surface area contributed by atoms with E-state index in [1.165, 1.54) is 0 Å². The quantitative estimate of drug-likeness (QED) is 0.539. The summed E-state index contributed by atoms with van der Waals surface area (Å²) in [5, 5.41) is 11.6. The van der Waals surface area contributed by atoms with Gasteiger partial charge in [-0.15, -0.1) is 0 Å². The Balaban J connectivity index is 1.86. The number of para-hydroxylation sites is 1. The molecule has 0 saturated heterocycles. The van der Waals surface area contributed by atoms with Crippen molar-refractivity contribution in [2.45, 2.75) is 33.4 Å². The molecule has 2 aromatic carbocycles. The van der Waals surface area contributed by atoms with E-state index in [0.29, 0.717) is 30.7 Å². The van der Waals surface area contributed by atoms with Gasteiger partial charge in [-0.1, -0.05) is 48.4 Å². The fourth-order valence-corrected chi connectivity index (χ4v) is 2.56. The van der Waals surface area contributed by atoms with Crippen LogP contribution in [-0.2, 0) is 13.2 Å². The highest BCUT2D eigenvalue weighted by Gasteiger charge is 2.11. The first-order valence-corrected chi connectivity index (χ1v) is 9.04. The van der Waals surface area contributed by atoms with Gasteiger partial charge in [-0.2, -0.15) is 0 Å². The molecule has 0 fully saturated rings. The van der Waals surface area contributed by atoms with Gasteiger partial charge in [0.25, 0.3) is 5.95 Å². The summed E-state index contributed by atoms with van der Waals surface area (Å²) in [6.07, 6.45) is 2.64. The minimum absolute atomic E-state index is 0.444. The van der Waals surface area contributed by atoms with Crippen LogP contribution in [0.5, 0.6) is 11.5 Å². The molecular formula is C20H23N5O2. The molecule has 7 nitrogen and oxygen atoms in total. The molecule has 0 saturated carbocycles. The Morgan fingerprint density at radius 2 is 1.89 bits per heavy atom. The van der Waals surface area contributed by atoms with Crippen molar-refractivity contribution in [2.24, 2.45) is 4.99 Å².